The van der Waals surface area contributed by atoms with Crippen LogP contribution in [-0.2, 0) is 12.8 Å². The van der Waals surface area contributed by atoms with E-state index in [1.54, 1.807) is 29.7 Å². The second-order valence-electron chi connectivity index (χ2n) is 8.17. The predicted molar refractivity (Wildman–Crippen MR) is 119 cm³/mol. The number of likely N-dealkylation sites (tertiary alicyclic amines) is 1. The Morgan fingerprint density at radius 3 is 2.73 bits per heavy atom. The predicted octanol–water partition coefficient (Wildman–Crippen LogP) is 5.44. The summed E-state index contributed by atoms with van der Waals surface area (Å²) in [7, 11) is 0. The van der Waals surface area contributed by atoms with E-state index in [1.165, 1.54) is 53.7 Å². The lowest BCUT2D eigenvalue weighted by molar-refractivity contribution is 0.0996. The highest BCUT2D eigenvalue weighted by molar-refractivity contribution is 7.16. The van der Waals surface area contributed by atoms with Gasteiger partial charge in [0, 0.05) is 22.8 Å². The number of nitrogens with zero attached hydrogens (tertiary/aromatic N) is 2. The fourth-order valence-electron chi connectivity index (χ4n) is 4.82. The molecule has 2 aliphatic rings. The molecule has 1 amide bonds. The normalized spacial score (nSPS) is 18.0. The number of piperidine rings is 1. The molecule has 1 unspecified atom stereocenters. The van der Waals surface area contributed by atoms with E-state index in [4.69, 9.17) is 4.42 Å². The highest BCUT2D eigenvalue weighted by atomic mass is 32.1. The molecule has 6 heteroatoms. The number of hydrogen-bond donors (Lipinski definition) is 1. The largest absolute Gasteiger partial charge is 0.459 e. The van der Waals surface area contributed by atoms with Crippen molar-refractivity contribution >= 4 is 22.2 Å². The maximum absolute atomic E-state index is 12.9. The number of carbonyl (C=O) groups is 1. The van der Waals surface area contributed by atoms with Crippen molar-refractivity contribution in [2.75, 3.05) is 18.4 Å². The summed E-state index contributed by atoms with van der Waals surface area (Å²) in [4.78, 5) is 21.3. The molecule has 0 bridgehead atoms. The molecule has 3 aromatic heterocycles. The number of furan rings is 1. The molecule has 1 N–H and O–H groups in total. The number of fused-ring (bicyclic) bond motifs is 1. The van der Waals surface area contributed by atoms with Crippen LogP contribution in [0, 0.1) is 0 Å². The minimum atomic E-state index is -0.177. The smallest absolute Gasteiger partial charge is 0.291 e. The van der Waals surface area contributed by atoms with Gasteiger partial charge < -0.3 is 9.73 Å². The van der Waals surface area contributed by atoms with E-state index in [1.807, 2.05) is 18.5 Å². The molecular formula is C24H27N3O2S. The van der Waals surface area contributed by atoms with Crippen LogP contribution in [0.2, 0.25) is 0 Å². The third kappa shape index (κ3) is 3.82. The minimum absolute atomic E-state index is 0.129. The van der Waals surface area contributed by atoms with Gasteiger partial charge in [-0.1, -0.05) is 12.5 Å². The number of carbonyl (C=O) groups excluding carboxylic acids is 1. The first-order valence-corrected chi connectivity index (χ1v) is 11.8. The van der Waals surface area contributed by atoms with Gasteiger partial charge in [-0.25, -0.2) is 0 Å². The Hall–Kier alpha value is -2.44. The number of aryl methyl sites for hydroxylation is 1. The van der Waals surface area contributed by atoms with Crippen molar-refractivity contribution in [3.8, 4) is 0 Å². The standard InChI is InChI=1S/C24H27N3O2S/c28-23(19-10-7-15-29-19)26-24-21(18-9-2-3-11-20(18)30-24)22(17-8-6-12-25-16-17)27-13-4-1-5-14-27/h6-8,10,12,15-16,22H,1-5,9,11,13-14H2,(H,26,28). The van der Waals surface area contributed by atoms with Crippen LogP contribution in [0.25, 0.3) is 0 Å². The summed E-state index contributed by atoms with van der Waals surface area (Å²) in [6, 6.07) is 7.79. The first-order valence-electron chi connectivity index (χ1n) is 10.9. The monoisotopic (exact) mass is 421 g/mol. The number of nitrogens with one attached hydrogen (secondary N) is 1. The van der Waals surface area contributed by atoms with E-state index in [0.717, 1.165) is 30.9 Å². The summed E-state index contributed by atoms with van der Waals surface area (Å²) in [5.74, 6) is 0.173. The summed E-state index contributed by atoms with van der Waals surface area (Å²) in [6.45, 7) is 2.16. The van der Waals surface area contributed by atoms with E-state index in [2.05, 4.69) is 21.3 Å². The summed E-state index contributed by atoms with van der Waals surface area (Å²) < 4.78 is 5.34. The third-order valence-corrected chi connectivity index (χ3v) is 7.44. The van der Waals surface area contributed by atoms with Crippen LogP contribution in [-0.4, -0.2) is 28.9 Å². The number of hydrogen-bond acceptors (Lipinski definition) is 5. The van der Waals surface area contributed by atoms with E-state index in [9.17, 15) is 4.79 Å². The van der Waals surface area contributed by atoms with Crippen molar-refractivity contribution in [3.63, 3.8) is 0 Å². The van der Waals surface area contributed by atoms with Crippen LogP contribution < -0.4 is 5.32 Å². The van der Waals surface area contributed by atoms with Crippen LogP contribution in [0.3, 0.4) is 0 Å². The number of pyridine rings is 1. The molecule has 5 rings (SSSR count). The van der Waals surface area contributed by atoms with Crippen molar-refractivity contribution in [2.24, 2.45) is 0 Å². The highest BCUT2D eigenvalue weighted by Crippen LogP contribution is 2.46. The quantitative estimate of drug-likeness (QED) is 0.596. The molecule has 5 nitrogen and oxygen atoms in total. The Labute approximate surface area is 181 Å². The van der Waals surface area contributed by atoms with E-state index < -0.39 is 0 Å². The zero-order valence-electron chi connectivity index (χ0n) is 17.1. The fourth-order valence-corrected chi connectivity index (χ4v) is 6.14. The van der Waals surface area contributed by atoms with Gasteiger partial charge in [-0.3, -0.25) is 14.7 Å². The second-order valence-corrected chi connectivity index (χ2v) is 9.28. The maximum Gasteiger partial charge on any atom is 0.291 e. The topological polar surface area (TPSA) is 58.4 Å². The lowest BCUT2D eigenvalue weighted by Crippen LogP contribution is -2.35. The van der Waals surface area contributed by atoms with Gasteiger partial charge >= 0.3 is 0 Å². The number of amides is 1. The van der Waals surface area contributed by atoms with Gasteiger partial charge in [0.25, 0.3) is 5.91 Å². The average molecular weight is 422 g/mol. The first kappa shape index (κ1) is 19.5. The second kappa shape index (κ2) is 8.74. The molecule has 1 atom stereocenters. The van der Waals surface area contributed by atoms with Gasteiger partial charge in [0.1, 0.15) is 5.00 Å². The number of thiophene rings is 1. The molecule has 0 radical (unpaired) electrons. The van der Waals surface area contributed by atoms with Crippen molar-refractivity contribution in [1.29, 1.82) is 0 Å². The molecule has 3 aromatic rings. The zero-order valence-corrected chi connectivity index (χ0v) is 17.9. The first-order chi connectivity index (χ1) is 14.8. The Kier molecular flexibility index (Phi) is 5.69. The molecule has 0 aromatic carbocycles. The van der Waals surface area contributed by atoms with Crippen LogP contribution in [0.15, 0.2) is 47.3 Å². The van der Waals surface area contributed by atoms with Crippen molar-refractivity contribution in [1.82, 2.24) is 9.88 Å². The maximum atomic E-state index is 12.9. The van der Waals surface area contributed by atoms with E-state index in [-0.39, 0.29) is 11.9 Å². The van der Waals surface area contributed by atoms with E-state index >= 15 is 0 Å². The van der Waals surface area contributed by atoms with Crippen LogP contribution in [0.1, 0.15) is 70.3 Å². The minimum Gasteiger partial charge on any atom is -0.459 e. The van der Waals surface area contributed by atoms with E-state index in [0.29, 0.717) is 5.76 Å². The molecule has 0 spiro atoms. The molecule has 30 heavy (non-hydrogen) atoms. The Morgan fingerprint density at radius 1 is 1.10 bits per heavy atom. The summed E-state index contributed by atoms with van der Waals surface area (Å²) >= 11 is 1.75. The summed E-state index contributed by atoms with van der Waals surface area (Å²) in [6.07, 6.45) is 13.7. The SMILES string of the molecule is O=C(Nc1sc2c(c1C(c1cccnc1)N1CCCCC1)CCCC2)c1ccco1. The number of rotatable bonds is 5. The molecule has 1 aliphatic heterocycles. The number of anilines is 1. The molecular weight excluding hydrogens is 394 g/mol. The average Bonchev–Trinajstić information content (AvgIpc) is 3.45. The van der Waals surface area contributed by atoms with Crippen LogP contribution in [0.4, 0.5) is 5.00 Å². The zero-order chi connectivity index (χ0) is 20.3. The van der Waals surface area contributed by atoms with Gasteiger partial charge in [0.05, 0.1) is 12.3 Å². The number of aromatic nitrogens is 1. The molecule has 1 fully saturated rings. The lowest BCUT2D eigenvalue weighted by atomic mass is 9.88. The highest BCUT2D eigenvalue weighted by Gasteiger charge is 2.33. The van der Waals surface area contributed by atoms with Gasteiger partial charge in [-0.05, 0) is 80.9 Å². The van der Waals surface area contributed by atoms with Crippen molar-refractivity contribution in [3.05, 3.63) is 70.3 Å². The van der Waals surface area contributed by atoms with Gasteiger partial charge in [-0.15, -0.1) is 11.3 Å². The van der Waals surface area contributed by atoms with Gasteiger partial charge in [-0.2, -0.15) is 0 Å². The van der Waals surface area contributed by atoms with Crippen LogP contribution >= 0.6 is 11.3 Å². The third-order valence-electron chi connectivity index (χ3n) is 6.21. The lowest BCUT2D eigenvalue weighted by Gasteiger charge is -2.36. The molecule has 1 aliphatic carbocycles. The van der Waals surface area contributed by atoms with Crippen molar-refractivity contribution < 1.29 is 9.21 Å². The van der Waals surface area contributed by atoms with Gasteiger partial charge in [0.2, 0.25) is 0 Å². The summed E-state index contributed by atoms with van der Waals surface area (Å²) in [5.41, 5.74) is 3.93. The van der Waals surface area contributed by atoms with Gasteiger partial charge in [0.15, 0.2) is 5.76 Å². The molecule has 4 heterocycles. The Morgan fingerprint density at radius 2 is 1.97 bits per heavy atom. The van der Waals surface area contributed by atoms with Crippen LogP contribution in [0.5, 0.6) is 0 Å². The Balaban J connectivity index is 1.60. The van der Waals surface area contributed by atoms with Crippen molar-refractivity contribution in [2.45, 2.75) is 51.0 Å². The molecule has 0 saturated carbocycles. The fraction of sp³-hybridized carbons (Fsp3) is 0.417. The molecule has 1 saturated heterocycles. The summed E-state index contributed by atoms with van der Waals surface area (Å²) in [5, 5.41) is 4.17. The Bertz CT molecular complexity index is 991. The molecule has 156 valence electrons.